The molecule has 8 nitrogen and oxygen atoms in total. The average molecular weight is 444 g/mol. The summed E-state index contributed by atoms with van der Waals surface area (Å²) in [6, 6.07) is 20.9. The molecule has 0 bridgehead atoms. The van der Waals surface area contributed by atoms with Crippen molar-refractivity contribution in [2.45, 2.75) is 26.0 Å². The van der Waals surface area contributed by atoms with E-state index in [0.717, 1.165) is 22.4 Å². The molecule has 0 atom stereocenters. The van der Waals surface area contributed by atoms with Gasteiger partial charge >= 0.3 is 0 Å². The number of hydrogen-bond donors (Lipinski definition) is 1. The Morgan fingerprint density at radius 2 is 1.85 bits per heavy atom. The first kappa shape index (κ1) is 22.0. The summed E-state index contributed by atoms with van der Waals surface area (Å²) < 4.78 is 16.2. The van der Waals surface area contributed by atoms with E-state index in [1.807, 2.05) is 66.7 Å². The van der Waals surface area contributed by atoms with Crippen molar-refractivity contribution in [3.8, 4) is 23.0 Å². The van der Waals surface area contributed by atoms with Crippen molar-refractivity contribution in [2.24, 2.45) is 0 Å². The van der Waals surface area contributed by atoms with E-state index in [0.29, 0.717) is 37.2 Å². The quantitative estimate of drug-likeness (QED) is 0.395. The number of carbonyl (C=O) groups is 1. The van der Waals surface area contributed by atoms with Crippen molar-refractivity contribution in [1.29, 1.82) is 0 Å². The summed E-state index contributed by atoms with van der Waals surface area (Å²) in [5, 5.41) is 6.88. The number of rotatable bonds is 10. The summed E-state index contributed by atoms with van der Waals surface area (Å²) >= 11 is 0. The van der Waals surface area contributed by atoms with E-state index in [1.165, 1.54) is 0 Å². The van der Waals surface area contributed by atoms with Gasteiger partial charge in [0.15, 0.2) is 0 Å². The van der Waals surface area contributed by atoms with Gasteiger partial charge in [-0.3, -0.25) is 4.79 Å². The van der Waals surface area contributed by atoms with Gasteiger partial charge in [-0.2, -0.15) is 4.98 Å². The first-order valence-electron chi connectivity index (χ1n) is 10.5. The van der Waals surface area contributed by atoms with Gasteiger partial charge in [0.1, 0.15) is 12.4 Å². The maximum Gasteiger partial charge on any atom is 0.227 e. The fourth-order valence-corrected chi connectivity index (χ4v) is 3.09. The number of pyridine rings is 1. The van der Waals surface area contributed by atoms with Crippen molar-refractivity contribution >= 4 is 5.91 Å². The van der Waals surface area contributed by atoms with E-state index in [-0.39, 0.29) is 12.3 Å². The van der Waals surface area contributed by atoms with Gasteiger partial charge in [-0.15, -0.1) is 0 Å². The lowest BCUT2D eigenvalue weighted by atomic mass is 10.2. The third-order valence-corrected chi connectivity index (χ3v) is 4.90. The number of aryl methyl sites for hydroxylation is 1. The minimum Gasteiger partial charge on any atom is -0.497 e. The number of benzene rings is 2. The van der Waals surface area contributed by atoms with Gasteiger partial charge < -0.3 is 19.3 Å². The summed E-state index contributed by atoms with van der Waals surface area (Å²) in [5.74, 6) is 2.05. The fourth-order valence-electron chi connectivity index (χ4n) is 3.09. The lowest BCUT2D eigenvalue weighted by molar-refractivity contribution is -0.121. The standard InChI is InChI=1S/C25H24N4O4/c1-31-21-9-7-20(8-10-21)25-28-23(33-29-25)12-11-22(30)27-16-19-13-14-26-24(15-19)32-17-18-5-3-2-4-6-18/h2-10,13-15H,11-12,16-17H2,1H3,(H,27,30). The number of amides is 1. The van der Waals surface area contributed by atoms with Gasteiger partial charge in [-0.1, -0.05) is 35.5 Å². The Bertz CT molecular complexity index is 1180. The van der Waals surface area contributed by atoms with Crippen molar-refractivity contribution < 1.29 is 18.8 Å². The van der Waals surface area contributed by atoms with Crippen molar-refractivity contribution in [3.63, 3.8) is 0 Å². The van der Waals surface area contributed by atoms with Gasteiger partial charge in [0, 0.05) is 37.2 Å². The van der Waals surface area contributed by atoms with E-state index in [9.17, 15) is 4.79 Å². The van der Waals surface area contributed by atoms with E-state index < -0.39 is 0 Å². The van der Waals surface area contributed by atoms with Gasteiger partial charge in [0.2, 0.25) is 23.5 Å². The molecule has 0 saturated carbocycles. The van der Waals surface area contributed by atoms with Crippen molar-refractivity contribution in [3.05, 3.63) is 89.9 Å². The predicted molar refractivity (Wildman–Crippen MR) is 121 cm³/mol. The van der Waals surface area contributed by atoms with Crippen molar-refractivity contribution in [2.75, 3.05) is 7.11 Å². The first-order chi connectivity index (χ1) is 16.2. The average Bonchev–Trinajstić information content (AvgIpc) is 3.35. The highest BCUT2D eigenvalue weighted by atomic mass is 16.5. The van der Waals surface area contributed by atoms with E-state index in [1.54, 1.807) is 13.3 Å². The minimum atomic E-state index is -0.109. The van der Waals surface area contributed by atoms with Crippen LogP contribution in [-0.4, -0.2) is 28.1 Å². The van der Waals surface area contributed by atoms with Crippen LogP contribution in [0, 0.1) is 0 Å². The topological polar surface area (TPSA) is 99.4 Å². The van der Waals surface area contributed by atoms with Crippen LogP contribution in [0.5, 0.6) is 11.6 Å². The monoisotopic (exact) mass is 444 g/mol. The summed E-state index contributed by atoms with van der Waals surface area (Å²) in [7, 11) is 1.61. The van der Waals surface area contributed by atoms with Crippen LogP contribution in [0.4, 0.5) is 0 Å². The van der Waals surface area contributed by atoms with Crippen LogP contribution in [-0.2, 0) is 24.4 Å². The van der Waals surface area contributed by atoms with Crippen LogP contribution >= 0.6 is 0 Å². The molecule has 0 fully saturated rings. The Labute approximate surface area is 191 Å². The number of hydrogen-bond acceptors (Lipinski definition) is 7. The molecule has 168 valence electrons. The zero-order valence-electron chi connectivity index (χ0n) is 18.2. The van der Waals surface area contributed by atoms with Crippen LogP contribution in [0.15, 0.2) is 77.4 Å². The van der Waals surface area contributed by atoms with Gasteiger partial charge in [0.25, 0.3) is 0 Å². The SMILES string of the molecule is COc1ccc(-c2noc(CCC(=O)NCc3ccnc(OCc4ccccc4)c3)n2)cc1. The minimum absolute atomic E-state index is 0.109. The van der Waals surface area contributed by atoms with Crippen LogP contribution < -0.4 is 14.8 Å². The van der Waals surface area contributed by atoms with Crippen LogP contribution in [0.25, 0.3) is 11.4 Å². The Kier molecular flexibility index (Phi) is 7.27. The number of carbonyl (C=O) groups excluding carboxylic acids is 1. The Morgan fingerprint density at radius 3 is 2.64 bits per heavy atom. The maximum atomic E-state index is 12.3. The van der Waals surface area contributed by atoms with E-state index in [2.05, 4.69) is 20.4 Å². The fraction of sp³-hybridized carbons (Fsp3) is 0.200. The molecule has 0 unspecified atom stereocenters. The highest BCUT2D eigenvalue weighted by Crippen LogP contribution is 2.20. The van der Waals surface area contributed by atoms with E-state index in [4.69, 9.17) is 14.0 Å². The van der Waals surface area contributed by atoms with Crippen LogP contribution in [0.3, 0.4) is 0 Å². The largest absolute Gasteiger partial charge is 0.497 e. The molecule has 33 heavy (non-hydrogen) atoms. The molecule has 4 rings (SSSR count). The molecule has 2 aromatic heterocycles. The molecule has 8 heteroatoms. The summed E-state index contributed by atoms with van der Waals surface area (Å²) in [6.07, 6.45) is 2.27. The zero-order chi connectivity index (χ0) is 22.9. The van der Waals surface area contributed by atoms with Crippen molar-refractivity contribution in [1.82, 2.24) is 20.4 Å². The molecule has 0 aliphatic carbocycles. The van der Waals surface area contributed by atoms with E-state index >= 15 is 0 Å². The molecule has 0 radical (unpaired) electrons. The number of nitrogens with zero attached hydrogens (tertiary/aromatic N) is 3. The lowest BCUT2D eigenvalue weighted by Gasteiger charge is -2.08. The van der Waals surface area contributed by atoms with Gasteiger partial charge in [-0.25, -0.2) is 4.98 Å². The normalized spacial score (nSPS) is 10.6. The number of nitrogens with one attached hydrogen (secondary N) is 1. The second-order valence-corrected chi connectivity index (χ2v) is 7.29. The second-order valence-electron chi connectivity index (χ2n) is 7.29. The molecular formula is C25H24N4O4. The van der Waals surface area contributed by atoms with Crippen LogP contribution in [0.2, 0.25) is 0 Å². The molecule has 4 aromatic rings. The molecule has 0 spiro atoms. The second kappa shape index (κ2) is 10.9. The molecule has 0 saturated heterocycles. The highest BCUT2D eigenvalue weighted by molar-refractivity contribution is 5.76. The smallest absolute Gasteiger partial charge is 0.227 e. The third-order valence-electron chi connectivity index (χ3n) is 4.90. The molecule has 2 aromatic carbocycles. The number of ether oxygens (including phenoxy) is 2. The number of methoxy groups -OCH3 is 1. The summed E-state index contributed by atoms with van der Waals surface area (Å²) in [6.45, 7) is 0.816. The number of aromatic nitrogens is 3. The highest BCUT2D eigenvalue weighted by Gasteiger charge is 2.11. The predicted octanol–water partition coefficient (Wildman–Crippen LogP) is 3.97. The molecule has 1 amide bonds. The Balaban J connectivity index is 1.23. The first-order valence-corrected chi connectivity index (χ1v) is 10.5. The third kappa shape index (κ3) is 6.39. The zero-order valence-corrected chi connectivity index (χ0v) is 18.2. The lowest BCUT2D eigenvalue weighted by Crippen LogP contribution is -2.23. The Morgan fingerprint density at radius 1 is 1.03 bits per heavy atom. The molecule has 0 aliphatic heterocycles. The summed E-state index contributed by atoms with van der Waals surface area (Å²) in [4.78, 5) is 20.9. The van der Waals surface area contributed by atoms with Gasteiger partial charge in [0.05, 0.1) is 7.11 Å². The summed E-state index contributed by atoms with van der Waals surface area (Å²) in [5.41, 5.74) is 2.79. The molecule has 1 N–H and O–H groups in total. The molecule has 2 heterocycles. The maximum absolute atomic E-state index is 12.3. The molecular weight excluding hydrogens is 420 g/mol. The Hall–Kier alpha value is -4.20. The molecule has 0 aliphatic rings. The van der Waals surface area contributed by atoms with Crippen LogP contribution in [0.1, 0.15) is 23.4 Å². The van der Waals surface area contributed by atoms with Gasteiger partial charge in [-0.05, 0) is 41.5 Å².